The molecule has 0 aliphatic rings. The summed E-state index contributed by atoms with van der Waals surface area (Å²) in [5, 5.41) is 0. The van der Waals surface area contributed by atoms with E-state index in [1.165, 1.54) is 12.1 Å². The molecule has 92 valence electrons. The van der Waals surface area contributed by atoms with Crippen LogP contribution in [0.5, 0.6) is 11.5 Å². The summed E-state index contributed by atoms with van der Waals surface area (Å²) in [6.45, 7) is 3.40. The predicted octanol–water partition coefficient (Wildman–Crippen LogP) is 3.35. The third-order valence-electron chi connectivity index (χ3n) is 1.70. The van der Waals surface area contributed by atoms with E-state index in [0.29, 0.717) is 5.56 Å². The van der Waals surface area contributed by atoms with Crippen LogP contribution in [0, 0.1) is 12.3 Å². The van der Waals surface area contributed by atoms with Crippen LogP contribution in [0.3, 0.4) is 0 Å². The number of hydrogen-bond donors (Lipinski definition) is 0. The standard InChI is InChI=1S/C12H11F3O2/c1-4-9-5-6-10(16-8(2)3)11(7-9)17-12(13,14)15/h1,5-8H,2-3H3. The molecule has 0 aromatic heterocycles. The molecule has 0 saturated heterocycles. The van der Waals surface area contributed by atoms with Crippen LogP contribution >= 0.6 is 0 Å². The van der Waals surface area contributed by atoms with Gasteiger partial charge in [-0.25, -0.2) is 0 Å². The summed E-state index contributed by atoms with van der Waals surface area (Å²) in [6.07, 6.45) is 0.0689. The Balaban J connectivity index is 3.08. The van der Waals surface area contributed by atoms with Gasteiger partial charge in [-0.15, -0.1) is 19.6 Å². The zero-order chi connectivity index (χ0) is 13.1. The summed E-state index contributed by atoms with van der Waals surface area (Å²) < 4.78 is 45.5. The molecule has 0 atom stereocenters. The molecule has 0 aliphatic carbocycles. The van der Waals surface area contributed by atoms with Gasteiger partial charge in [-0.1, -0.05) is 5.92 Å². The molecule has 2 nitrogen and oxygen atoms in total. The van der Waals surface area contributed by atoms with Gasteiger partial charge in [0.1, 0.15) is 0 Å². The summed E-state index contributed by atoms with van der Waals surface area (Å²) in [4.78, 5) is 0. The number of rotatable bonds is 3. The molecule has 0 unspecified atom stereocenters. The Labute approximate surface area is 97.3 Å². The second-order valence-electron chi connectivity index (χ2n) is 3.52. The second kappa shape index (κ2) is 5.00. The number of halogens is 3. The molecule has 17 heavy (non-hydrogen) atoms. The van der Waals surface area contributed by atoms with Crippen molar-refractivity contribution < 1.29 is 22.6 Å². The molecule has 1 aromatic rings. The van der Waals surface area contributed by atoms with Crippen molar-refractivity contribution in [3.8, 4) is 23.8 Å². The van der Waals surface area contributed by atoms with Gasteiger partial charge in [0.05, 0.1) is 6.10 Å². The average molecular weight is 244 g/mol. The molecular weight excluding hydrogens is 233 g/mol. The minimum Gasteiger partial charge on any atom is -0.487 e. The van der Waals surface area contributed by atoms with Gasteiger partial charge in [0.15, 0.2) is 11.5 Å². The molecule has 0 N–H and O–H groups in total. The Morgan fingerprint density at radius 1 is 1.24 bits per heavy atom. The van der Waals surface area contributed by atoms with Crippen LogP contribution in [0.4, 0.5) is 13.2 Å². The lowest BCUT2D eigenvalue weighted by Gasteiger charge is -2.16. The van der Waals surface area contributed by atoms with Crippen molar-refractivity contribution in [2.45, 2.75) is 26.3 Å². The SMILES string of the molecule is C#Cc1ccc(OC(C)C)c(OC(F)(F)F)c1. The molecule has 1 aromatic carbocycles. The predicted molar refractivity (Wildman–Crippen MR) is 56.8 cm³/mol. The molecule has 0 aliphatic heterocycles. The van der Waals surface area contributed by atoms with Crippen molar-refractivity contribution in [3.63, 3.8) is 0 Å². The van der Waals surface area contributed by atoms with E-state index in [-0.39, 0.29) is 11.9 Å². The van der Waals surface area contributed by atoms with E-state index in [9.17, 15) is 13.2 Å². The molecule has 0 heterocycles. The third-order valence-corrected chi connectivity index (χ3v) is 1.70. The molecular formula is C12H11F3O2. The van der Waals surface area contributed by atoms with Crippen LogP contribution < -0.4 is 9.47 Å². The first-order valence-electron chi connectivity index (χ1n) is 4.85. The minimum atomic E-state index is -4.78. The lowest BCUT2D eigenvalue weighted by atomic mass is 10.2. The van der Waals surface area contributed by atoms with E-state index in [1.807, 2.05) is 0 Å². The van der Waals surface area contributed by atoms with E-state index in [4.69, 9.17) is 11.2 Å². The lowest BCUT2D eigenvalue weighted by molar-refractivity contribution is -0.275. The molecule has 5 heteroatoms. The number of terminal acetylenes is 1. The van der Waals surface area contributed by atoms with Gasteiger partial charge >= 0.3 is 6.36 Å². The number of hydrogen-bond acceptors (Lipinski definition) is 2. The number of ether oxygens (including phenoxy) is 2. The second-order valence-corrected chi connectivity index (χ2v) is 3.52. The molecule has 0 radical (unpaired) electrons. The molecule has 0 bridgehead atoms. The first kappa shape index (κ1) is 13.2. The van der Waals surface area contributed by atoms with Gasteiger partial charge in [0.2, 0.25) is 0 Å². The highest BCUT2D eigenvalue weighted by atomic mass is 19.4. The van der Waals surface area contributed by atoms with E-state index in [0.717, 1.165) is 6.07 Å². The smallest absolute Gasteiger partial charge is 0.487 e. The highest BCUT2D eigenvalue weighted by Crippen LogP contribution is 2.33. The van der Waals surface area contributed by atoms with Gasteiger partial charge in [-0.05, 0) is 26.0 Å². The Morgan fingerprint density at radius 2 is 1.88 bits per heavy atom. The van der Waals surface area contributed by atoms with Crippen LogP contribution in [0.25, 0.3) is 0 Å². The Kier molecular flexibility index (Phi) is 3.89. The maximum absolute atomic E-state index is 12.2. The highest BCUT2D eigenvalue weighted by Gasteiger charge is 2.32. The van der Waals surface area contributed by atoms with Crippen LogP contribution in [-0.2, 0) is 0 Å². The van der Waals surface area contributed by atoms with Crippen molar-refractivity contribution in [1.29, 1.82) is 0 Å². The van der Waals surface area contributed by atoms with Crippen LogP contribution in [0.15, 0.2) is 18.2 Å². The van der Waals surface area contributed by atoms with Crippen molar-refractivity contribution in [2.75, 3.05) is 0 Å². The highest BCUT2D eigenvalue weighted by molar-refractivity contribution is 5.47. The zero-order valence-electron chi connectivity index (χ0n) is 9.34. The van der Waals surface area contributed by atoms with Crippen LogP contribution in [-0.4, -0.2) is 12.5 Å². The quantitative estimate of drug-likeness (QED) is 0.759. The fourth-order valence-electron chi connectivity index (χ4n) is 1.15. The van der Waals surface area contributed by atoms with Gasteiger partial charge in [0.25, 0.3) is 0 Å². The maximum atomic E-state index is 12.2. The maximum Gasteiger partial charge on any atom is 0.573 e. The Bertz CT molecular complexity index is 430. The summed E-state index contributed by atoms with van der Waals surface area (Å²) in [5.41, 5.74) is 0.292. The van der Waals surface area contributed by atoms with Crippen LogP contribution in [0.2, 0.25) is 0 Å². The number of alkyl halides is 3. The van der Waals surface area contributed by atoms with Gasteiger partial charge in [-0.2, -0.15) is 0 Å². The summed E-state index contributed by atoms with van der Waals surface area (Å²) in [7, 11) is 0. The third kappa shape index (κ3) is 4.27. The monoisotopic (exact) mass is 244 g/mol. The summed E-state index contributed by atoms with van der Waals surface area (Å²) >= 11 is 0. The Morgan fingerprint density at radius 3 is 2.35 bits per heavy atom. The van der Waals surface area contributed by atoms with Crippen molar-refractivity contribution in [1.82, 2.24) is 0 Å². The summed E-state index contributed by atoms with van der Waals surface area (Å²) in [5.74, 6) is 1.81. The zero-order valence-corrected chi connectivity index (χ0v) is 9.34. The molecule has 0 fully saturated rings. The van der Waals surface area contributed by atoms with Crippen molar-refractivity contribution in [3.05, 3.63) is 23.8 Å². The van der Waals surface area contributed by atoms with Crippen molar-refractivity contribution in [2.24, 2.45) is 0 Å². The van der Waals surface area contributed by atoms with Gasteiger partial charge in [-0.3, -0.25) is 0 Å². The van der Waals surface area contributed by atoms with E-state index < -0.39 is 12.1 Å². The fraction of sp³-hybridized carbons (Fsp3) is 0.333. The topological polar surface area (TPSA) is 18.5 Å². The fourth-order valence-corrected chi connectivity index (χ4v) is 1.15. The van der Waals surface area contributed by atoms with E-state index in [1.54, 1.807) is 13.8 Å². The number of benzene rings is 1. The van der Waals surface area contributed by atoms with Gasteiger partial charge < -0.3 is 9.47 Å². The summed E-state index contributed by atoms with van der Waals surface area (Å²) in [6, 6.07) is 3.96. The Hall–Kier alpha value is -1.83. The molecule has 0 saturated carbocycles. The average Bonchev–Trinajstić information content (AvgIpc) is 2.17. The van der Waals surface area contributed by atoms with Crippen LogP contribution in [0.1, 0.15) is 19.4 Å². The molecule has 0 amide bonds. The first-order valence-corrected chi connectivity index (χ1v) is 4.85. The van der Waals surface area contributed by atoms with E-state index >= 15 is 0 Å². The minimum absolute atomic E-state index is 0.0105. The van der Waals surface area contributed by atoms with Crippen molar-refractivity contribution >= 4 is 0 Å². The molecule has 0 spiro atoms. The largest absolute Gasteiger partial charge is 0.573 e. The lowest BCUT2D eigenvalue weighted by Crippen LogP contribution is -2.18. The molecule has 1 rings (SSSR count). The first-order chi connectivity index (χ1) is 7.81. The van der Waals surface area contributed by atoms with Gasteiger partial charge in [0, 0.05) is 11.6 Å². The van der Waals surface area contributed by atoms with E-state index in [2.05, 4.69) is 10.7 Å². The normalized spacial score (nSPS) is 11.1.